The van der Waals surface area contributed by atoms with Crippen molar-refractivity contribution in [1.82, 2.24) is 5.32 Å². The molecule has 0 aliphatic carbocycles. The van der Waals surface area contributed by atoms with E-state index in [4.69, 9.17) is 9.47 Å². The van der Waals surface area contributed by atoms with E-state index in [0.29, 0.717) is 6.42 Å². The van der Waals surface area contributed by atoms with Crippen molar-refractivity contribution in [3.63, 3.8) is 0 Å². The van der Waals surface area contributed by atoms with Gasteiger partial charge in [-0.15, -0.1) is 0 Å². The van der Waals surface area contributed by atoms with Crippen molar-refractivity contribution in [3.8, 4) is 0 Å². The van der Waals surface area contributed by atoms with Crippen molar-refractivity contribution >= 4 is 5.91 Å². The molecule has 0 radical (unpaired) electrons. The molecule has 9 heteroatoms. The number of carbonyl (C=O) groups excluding carboxylic acids is 1. The number of ether oxygens (including phenoxy) is 2. The summed E-state index contributed by atoms with van der Waals surface area (Å²) >= 11 is 0. The molecule has 0 bridgehead atoms. The fraction of sp³-hybridized carbons (Fsp3) is 0.941. The van der Waals surface area contributed by atoms with Crippen LogP contribution in [0.1, 0.15) is 251 Å². The Bertz CT molecular complexity index is 950. The number of carbonyl (C=O) groups is 1. The monoisotopic (exact) mass is 854 g/mol. The number of hydrogen-bond acceptors (Lipinski definition) is 8. The number of rotatable bonds is 44. The number of amides is 1. The van der Waals surface area contributed by atoms with Crippen LogP contribution in [0.25, 0.3) is 0 Å². The molecular weight excluding hydrogens is 755 g/mol. The van der Waals surface area contributed by atoms with E-state index in [1.54, 1.807) is 6.08 Å². The Morgan fingerprint density at radius 3 is 1.30 bits per heavy atom. The average Bonchev–Trinajstić information content (AvgIpc) is 3.25. The Kier molecular flexibility index (Phi) is 39.8. The molecule has 1 rings (SSSR count). The lowest BCUT2D eigenvalue weighted by atomic mass is 9.99. The van der Waals surface area contributed by atoms with Gasteiger partial charge in [-0.05, 0) is 19.3 Å². The third kappa shape index (κ3) is 31.7. The maximum absolute atomic E-state index is 13.0. The second-order valence-electron chi connectivity index (χ2n) is 18.3. The van der Waals surface area contributed by atoms with Gasteiger partial charge in [0.05, 0.1) is 25.4 Å². The molecule has 0 saturated carbocycles. The normalized spacial score (nSPS) is 20.6. The highest BCUT2D eigenvalue weighted by Crippen LogP contribution is 2.23. The van der Waals surface area contributed by atoms with Crippen LogP contribution in [0.2, 0.25) is 0 Å². The van der Waals surface area contributed by atoms with E-state index >= 15 is 0 Å². The smallest absolute Gasteiger partial charge is 0.220 e. The van der Waals surface area contributed by atoms with E-state index in [-0.39, 0.29) is 12.5 Å². The summed E-state index contributed by atoms with van der Waals surface area (Å²) < 4.78 is 11.2. The first-order valence-electron chi connectivity index (χ1n) is 25.9. The minimum Gasteiger partial charge on any atom is -0.394 e. The predicted molar refractivity (Wildman–Crippen MR) is 249 cm³/mol. The summed E-state index contributed by atoms with van der Waals surface area (Å²) in [5.41, 5.74) is 0. The molecule has 1 heterocycles. The van der Waals surface area contributed by atoms with Gasteiger partial charge in [0.1, 0.15) is 24.4 Å². The summed E-state index contributed by atoms with van der Waals surface area (Å²) in [7, 11) is 0. The van der Waals surface area contributed by atoms with Crippen molar-refractivity contribution in [3.05, 3.63) is 12.2 Å². The van der Waals surface area contributed by atoms with Crippen LogP contribution in [0, 0.1) is 0 Å². The van der Waals surface area contributed by atoms with Crippen LogP contribution >= 0.6 is 0 Å². The largest absolute Gasteiger partial charge is 0.394 e. The fourth-order valence-corrected chi connectivity index (χ4v) is 8.45. The zero-order chi connectivity index (χ0) is 43.7. The number of aliphatic hydroxyl groups excluding tert-OH is 5. The first kappa shape index (κ1) is 56.9. The second kappa shape index (κ2) is 41.9. The van der Waals surface area contributed by atoms with Gasteiger partial charge >= 0.3 is 0 Å². The molecule has 356 valence electrons. The molecular formula is C51H99NO8. The lowest BCUT2D eigenvalue weighted by Crippen LogP contribution is -2.60. The molecule has 1 aliphatic rings. The van der Waals surface area contributed by atoms with E-state index in [0.717, 1.165) is 38.5 Å². The van der Waals surface area contributed by atoms with Gasteiger partial charge in [0.2, 0.25) is 5.91 Å². The van der Waals surface area contributed by atoms with Crippen molar-refractivity contribution in [1.29, 1.82) is 0 Å². The van der Waals surface area contributed by atoms with Gasteiger partial charge in [-0.1, -0.05) is 238 Å². The summed E-state index contributed by atoms with van der Waals surface area (Å²) in [6.07, 6.45) is 42.6. The lowest BCUT2D eigenvalue weighted by Gasteiger charge is -2.40. The van der Waals surface area contributed by atoms with Crippen LogP contribution < -0.4 is 5.32 Å². The fourth-order valence-electron chi connectivity index (χ4n) is 8.45. The molecule has 0 aromatic carbocycles. The number of allylic oxidation sites excluding steroid dienone is 1. The molecule has 6 N–H and O–H groups in total. The summed E-state index contributed by atoms with van der Waals surface area (Å²) in [6, 6.07) is -0.799. The Morgan fingerprint density at radius 1 is 0.550 bits per heavy atom. The van der Waals surface area contributed by atoms with Gasteiger partial charge in [0.15, 0.2) is 6.29 Å². The molecule has 1 aliphatic heterocycles. The maximum atomic E-state index is 13.0. The van der Waals surface area contributed by atoms with Crippen LogP contribution in [-0.4, -0.2) is 87.5 Å². The van der Waals surface area contributed by atoms with Crippen molar-refractivity contribution in [2.45, 2.75) is 294 Å². The highest BCUT2D eigenvalue weighted by Gasteiger charge is 2.44. The van der Waals surface area contributed by atoms with Gasteiger partial charge < -0.3 is 40.3 Å². The average molecular weight is 854 g/mol. The van der Waals surface area contributed by atoms with Crippen LogP contribution in [-0.2, 0) is 14.3 Å². The quantitative estimate of drug-likeness (QED) is 0.0262. The van der Waals surface area contributed by atoms with Crippen LogP contribution in [0.4, 0.5) is 0 Å². The molecule has 1 fully saturated rings. The Hall–Kier alpha value is -1.07. The van der Waals surface area contributed by atoms with E-state index in [1.165, 1.54) is 193 Å². The van der Waals surface area contributed by atoms with Gasteiger partial charge in [-0.2, -0.15) is 0 Å². The molecule has 0 spiro atoms. The predicted octanol–water partition coefficient (Wildman–Crippen LogP) is 11.7. The van der Waals surface area contributed by atoms with E-state index in [2.05, 4.69) is 19.2 Å². The molecule has 1 amide bonds. The lowest BCUT2D eigenvalue weighted by molar-refractivity contribution is -0.302. The zero-order valence-corrected chi connectivity index (χ0v) is 39.2. The molecule has 1 saturated heterocycles. The minimum atomic E-state index is -1.56. The highest BCUT2D eigenvalue weighted by atomic mass is 16.7. The van der Waals surface area contributed by atoms with Gasteiger partial charge in [-0.3, -0.25) is 4.79 Å². The van der Waals surface area contributed by atoms with Gasteiger partial charge in [-0.25, -0.2) is 0 Å². The van der Waals surface area contributed by atoms with E-state index in [9.17, 15) is 30.3 Å². The second-order valence-corrected chi connectivity index (χ2v) is 18.3. The van der Waals surface area contributed by atoms with Gasteiger partial charge in [0, 0.05) is 6.42 Å². The topological polar surface area (TPSA) is 149 Å². The summed E-state index contributed by atoms with van der Waals surface area (Å²) in [5.74, 6) is -0.172. The summed E-state index contributed by atoms with van der Waals surface area (Å²) in [5, 5.41) is 54.3. The number of unbranched alkanes of at least 4 members (excludes halogenated alkanes) is 34. The maximum Gasteiger partial charge on any atom is 0.220 e. The van der Waals surface area contributed by atoms with Crippen molar-refractivity contribution < 1.29 is 39.8 Å². The Morgan fingerprint density at radius 2 is 0.917 bits per heavy atom. The van der Waals surface area contributed by atoms with Gasteiger partial charge in [0.25, 0.3) is 0 Å². The SMILES string of the molecule is CCCCCCCCCCCCCCC/C=C/[C@@H](O)[C@H](CO[C@@H]1O[C@H](CO)[C@H](O)C(O)C1O)NC(=O)CCCCCCCCCCCCCCCCCCCCCCCC. The minimum absolute atomic E-state index is 0.172. The first-order valence-corrected chi connectivity index (χ1v) is 25.9. The molecule has 60 heavy (non-hydrogen) atoms. The Balaban J connectivity index is 2.25. The highest BCUT2D eigenvalue weighted by molar-refractivity contribution is 5.76. The number of nitrogens with one attached hydrogen (secondary N) is 1. The molecule has 0 aromatic heterocycles. The molecule has 0 aromatic rings. The standard InChI is InChI=1S/C51H99NO8/c1-3-5-7-9-11-13-15-17-19-20-21-22-23-24-25-27-29-31-33-35-37-39-41-47(55)52-44(43-59-51-50(58)49(57)48(56)46(42-53)60-51)45(54)40-38-36-34-32-30-28-26-18-16-14-12-10-8-6-4-2/h38,40,44-46,48-51,53-54,56-58H,3-37,39,41-43H2,1-2H3,(H,52,55)/b40-38+/t44-,45+,46+,48-,49?,50?,51+/m0/s1. The molecule has 2 unspecified atom stereocenters. The molecule has 9 nitrogen and oxygen atoms in total. The van der Waals surface area contributed by atoms with Crippen LogP contribution in [0.15, 0.2) is 12.2 Å². The third-order valence-corrected chi connectivity index (χ3v) is 12.6. The van der Waals surface area contributed by atoms with E-state index in [1.807, 2.05) is 6.08 Å². The number of hydrogen-bond donors (Lipinski definition) is 6. The Labute approximate surface area is 369 Å². The first-order chi connectivity index (χ1) is 29.3. The third-order valence-electron chi connectivity index (χ3n) is 12.6. The zero-order valence-electron chi connectivity index (χ0n) is 39.2. The van der Waals surface area contributed by atoms with Crippen LogP contribution in [0.5, 0.6) is 0 Å². The summed E-state index contributed by atoms with van der Waals surface area (Å²) in [6.45, 7) is 3.80. The van der Waals surface area contributed by atoms with E-state index < -0.39 is 49.5 Å². The summed E-state index contributed by atoms with van der Waals surface area (Å²) in [4.78, 5) is 13.0. The number of aliphatic hydroxyl groups is 5. The van der Waals surface area contributed by atoms with Crippen LogP contribution in [0.3, 0.4) is 0 Å². The molecule has 7 atom stereocenters. The van der Waals surface area contributed by atoms with Crippen molar-refractivity contribution in [2.75, 3.05) is 13.2 Å². The van der Waals surface area contributed by atoms with Crippen molar-refractivity contribution in [2.24, 2.45) is 0 Å².